The minimum atomic E-state index is -0.270. The van der Waals surface area contributed by atoms with Gasteiger partial charge < -0.3 is 10.5 Å². The van der Waals surface area contributed by atoms with Crippen molar-refractivity contribution in [2.24, 2.45) is 0 Å². The van der Waals surface area contributed by atoms with Crippen molar-refractivity contribution in [1.29, 1.82) is 0 Å². The first kappa shape index (κ1) is 13.6. The average molecular weight is 266 g/mol. The summed E-state index contributed by atoms with van der Waals surface area (Å²) in [5.74, 6) is 6.08. The Bertz CT molecular complexity index is 695. The van der Waals surface area contributed by atoms with Crippen molar-refractivity contribution in [1.82, 2.24) is 4.98 Å². The molecule has 2 aromatic rings. The number of carbonyl (C=O) groups excluding carboxylic acids is 1. The third-order valence-corrected chi connectivity index (χ3v) is 2.72. The maximum absolute atomic E-state index is 11.9. The number of aryl methyl sites for hydroxylation is 1. The number of nitrogens with two attached hydrogens (primary N) is 1. The summed E-state index contributed by atoms with van der Waals surface area (Å²) in [5, 5.41) is 0. The molecule has 0 bridgehead atoms. The van der Waals surface area contributed by atoms with Crippen LogP contribution in [0.15, 0.2) is 36.5 Å². The lowest BCUT2D eigenvalue weighted by atomic mass is 10.1. The summed E-state index contributed by atoms with van der Waals surface area (Å²) >= 11 is 0. The van der Waals surface area contributed by atoms with Gasteiger partial charge in [-0.3, -0.25) is 4.79 Å². The summed E-state index contributed by atoms with van der Waals surface area (Å²) < 4.78 is 5.03. The van der Waals surface area contributed by atoms with Crippen molar-refractivity contribution in [3.8, 4) is 17.6 Å². The molecule has 0 aliphatic heterocycles. The van der Waals surface area contributed by atoms with Crippen LogP contribution in [0, 0.1) is 18.8 Å². The second-order valence-corrected chi connectivity index (χ2v) is 4.25. The standard InChI is InChI=1S/C16H14N2O2/c1-11-9-13(16(17)18-10-11)5-8-15(19)12-3-6-14(20-2)7-4-12/h3-4,6-7,9-10H,1-2H3,(H2,17,18). The summed E-state index contributed by atoms with van der Waals surface area (Å²) in [6.45, 7) is 1.89. The normalized spacial score (nSPS) is 9.50. The van der Waals surface area contributed by atoms with Gasteiger partial charge in [-0.25, -0.2) is 4.98 Å². The van der Waals surface area contributed by atoms with Gasteiger partial charge in [-0.15, -0.1) is 0 Å². The molecular weight excluding hydrogens is 252 g/mol. The molecule has 100 valence electrons. The van der Waals surface area contributed by atoms with Crippen molar-refractivity contribution >= 4 is 11.6 Å². The number of hydrogen-bond donors (Lipinski definition) is 1. The smallest absolute Gasteiger partial charge is 0.236 e. The lowest BCUT2D eigenvalue weighted by Crippen LogP contribution is -1.97. The van der Waals surface area contributed by atoms with E-state index in [1.54, 1.807) is 43.6 Å². The first-order valence-electron chi connectivity index (χ1n) is 6.02. The molecule has 0 radical (unpaired) electrons. The number of ether oxygens (including phenoxy) is 1. The van der Waals surface area contributed by atoms with Gasteiger partial charge >= 0.3 is 0 Å². The Morgan fingerprint density at radius 3 is 2.65 bits per heavy atom. The molecule has 4 nitrogen and oxygen atoms in total. The van der Waals surface area contributed by atoms with E-state index in [1.807, 2.05) is 6.92 Å². The Labute approximate surface area is 117 Å². The van der Waals surface area contributed by atoms with E-state index < -0.39 is 0 Å². The molecule has 0 aliphatic rings. The Hall–Kier alpha value is -2.80. The number of methoxy groups -OCH3 is 1. The lowest BCUT2D eigenvalue weighted by molar-refractivity contribution is 0.105. The molecule has 1 aromatic heterocycles. The van der Waals surface area contributed by atoms with Crippen LogP contribution < -0.4 is 10.5 Å². The van der Waals surface area contributed by atoms with Crippen LogP contribution in [0.1, 0.15) is 21.5 Å². The topological polar surface area (TPSA) is 65.2 Å². The number of benzene rings is 1. The number of carbonyl (C=O) groups is 1. The first-order valence-corrected chi connectivity index (χ1v) is 6.02. The molecule has 0 aliphatic carbocycles. The van der Waals surface area contributed by atoms with Crippen molar-refractivity contribution in [3.63, 3.8) is 0 Å². The maximum Gasteiger partial charge on any atom is 0.236 e. The highest BCUT2D eigenvalue weighted by Gasteiger charge is 2.03. The predicted octanol–water partition coefficient (Wildman–Crippen LogP) is 2.22. The molecule has 1 aromatic carbocycles. The summed E-state index contributed by atoms with van der Waals surface area (Å²) in [6, 6.07) is 8.59. The molecule has 0 saturated heterocycles. The predicted molar refractivity (Wildman–Crippen MR) is 77.6 cm³/mol. The Morgan fingerprint density at radius 1 is 1.30 bits per heavy atom. The monoisotopic (exact) mass is 266 g/mol. The van der Waals surface area contributed by atoms with Crippen LogP contribution in [0.25, 0.3) is 0 Å². The number of nitrogen functional groups attached to an aromatic ring is 1. The molecular formula is C16H14N2O2. The fourth-order valence-corrected chi connectivity index (χ4v) is 1.62. The Kier molecular flexibility index (Phi) is 4.02. The van der Waals surface area contributed by atoms with Crippen molar-refractivity contribution in [2.45, 2.75) is 6.92 Å². The van der Waals surface area contributed by atoms with Gasteiger partial charge in [-0.1, -0.05) is 5.92 Å². The van der Waals surface area contributed by atoms with Crippen LogP contribution in [-0.4, -0.2) is 17.9 Å². The van der Waals surface area contributed by atoms with E-state index in [0.717, 1.165) is 5.56 Å². The fourth-order valence-electron chi connectivity index (χ4n) is 1.62. The van der Waals surface area contributed by atoms with Crippen LogP contribution in [-0.2, 0) is 0 Å². The number of nitrogens with zero attached hydrogens (tertiary/aromatic N) is 1. The molecule has 0 saturated carbocycles. The Morgan fingerprint density at radius 2 is 2.00 bits per heavy atom. The van der Waals surface area contributed by atoms with Gasteiger partial charge in [0.2, 0.25) is 5.78 Å². The molecule has 4 heteroatoms. The quantitative estimate of drug-likeness (QED) is 0.668. The van der Waals surface area contributed by atoms with E-state index in [9.17, 15) is 4.79 Å². The third-order valence-electron chi connectivity index (χ3n) is 2.72. The Balaban J connectivity index is 2.23. The van der Waals surface area contributed by atoms with Gasteiger partial charge in [-0.05, 0) is 48.7 Å². The van der Waals surface area contributed by atoms with Crippen LogP contribution in [0.2, 0.25) is 0 Å². The molecule has 0 unspecified atom stereocenters. The highest BCUT2D eigenvalue weighted by molar-refractivity contribution is 6.09. The number of anilines is 1. The zero-order valence-electron chi connectivity index (χ0n) is 11.3. The summed E-state index contributed by atoms with van der Waals surface area (Å²) in [4.78, 5) is 15.9. The van der Waals surface area contributed by atoms with Gasteiger partial charge in [0.1, 0.15) is 11.6 Å². The number of ketones is 1. The minimum Gasteiger partial charge on any atom is -0.497 e. The second-order valence-electron chi connectivity index (χ2n) is 4.25. The van der Waals surface area contributed by atoms with E-state index in [1.165, 1.54) is 0 Å². The third kappa shape index (κ3) is 3.15. The van der Waals surface area contributed by atoms with Gasteiger partial charge in [0.05, 0.1) is 12.7 Å². The number of rotatable bonds is 2. The molecule has 0 spiro atoms. The van der Waals surface area contributed by atoms with E-state index in [0.29, 0.717) is 22.7 Å². The van der Waals surface area contributed by atoms with Crippen molar-refractivity contribution in [3.05, 3.63) is 53.2 Å². The molecule has 2 N–H and O–H groups in total. The van der Waals surface area contributed by atoms with Crippen molar-refractivity contribution < 1.29 is 9.53 Å². The molecule has 0 atom stereocenters. The summed E-state index contributed by atoms with van der Waals surface area (Å²) in [5.41, 5.74) is 7.73. The molecule has 0 amide bonds. The maximum atomic E-state index is 11.9. The molecule has 1 heterocycles. The zero-order valence-corrected chi connectivity index (χ0v) is 11.3. The zero-order chi connectivity index (χ0) is 14.5. The summed E-state index contributed by atoms with van der Waals surface area (Å²) in [6.07, 6.45) is 1.66. The van der Waals surface area contributed by atoms with E-state index in [-0.39, 0.29) is 5.78 Å². The number of pyridine rings is 1. The van der Waals surface area contributed by atoms with Crippen LogP contribution in [0.3, 0.4) is 0 Å². The van der Waals surface area contributed by atoms with Gasteiger partial charge in [0, 0.05) is 11.8 Å². The molecule has 20 heavy (non-hydrogen) atoms. The van der Waals surface area contributed by atoms with E-state index >= 15 is 0 Å². The lowest BCUT2D eigenvalue weighted by Gasteiger charge is -1.99. The molecule has 0 fully saturated rings. The number of Topliss-reactive ketones (excluding diaryl/α,β-unsaturated/α-hetero) is 1. The van der Waals surface area contributed by atoms with E-state index in [4.69, 9.17) is 10.5 Å². The average Bonchev–Trinajstić information content (AvgIpc) is 2.48. The molecule has 2 rings (SSSR count). The highest BCUT2D eigenvalue weighted by Crippen LogP contribution is 2.12. The van der Waals surface area contributed by atoms with Gasteiger partial charge in [0.15, 0.2) is 0 Å². The van der Waals surface area contributed by atoms with Crippen LogP contribution >= 0.6 is 0 Å². The minimum absolute atomic E-state index is 0.270. The van der Waals surface area contributed by atoms with Gasteiger partial charge in [0.25, 0.3) is 0 Å². The van der Waals surface area contributed by atoms with Crippen LogP contribution in [0.4, 0.5) is 5.82 Å². The fraction of sp³-hybridized carbons (Fsp3) is 0.125. The first-order chi connectivity index (χ1) is 9.60. The largest absolute Gasteiger partial charge is 0.497 e. The van der Waals surface area contributed by atoms with Crippen molar-refractivity contribution in [2.75, 3.05) is 12.8 Å². The van der Waals surface area contributed by atoms with E-state index in [2.05, 4.69) is 16.8 Å². The number of aromatic nitrogens is 1. The van der Waals surface area contributed by atoms with Crippen LogP contribution in [0.5, 0.6) is 5.75 Å². The SMILES string of the molecule is COc1ccc(C(=O)C#Cc2cc(C)cnc2N)cc1. The number of hydrogen-bond acceptors (Lipinski definition) is 4. The highest BCUT2D eigenvalue weighted by atomic mass is 16.5. The van der Waals surface area contributed by atoms with Gasteiger partial charge in [-0.2, -0.15) is 0 Å². The second kappa shape index (κ2) is 5.89. The summed E-state index contributed by atoms with van der Waals surface area (Å²) in [7, 11) is 1.57.